The largest absolute Gasteiger partial charge is 0.501 e. The zero-order chi connectivity index (χ0) is 16.6. The van der Waals surface area contributed by atoms with E-state index in [0.29, 0.717) is 5.82 Å². The van der Waals surface area contributed by atoms with Gasteiger partial charge in [0.15, 0.2) is 0 Å². The van der Waals surface area contributed by atoms with Gasteiger partial charge >= 0.3 is 5.69 Å². The van der Waals surface area contributed by atoms with E-state index >= 15 is 0 Å². The normalized spacial score (nSPS) is 14.9. The maximum atomic E-state index is 11.2. The number of hydrogen-bond donors (Lipinski definition) is 1. The van der Waals surface area contributed by atoms with Gasteiger partial charge in [-0.3, -0.25) is 20.2 Å². The zero-order valence-corrected chi connectivity index (χ0v) is 12.1. The molecule has 120 valence electrons. The molecular formula is C14H14N4O5. The van der Waals surface area contributed by atoms with Gasteiger partial charge in [-0.15, -0.1) is 0 Å². The van der Waals surface area contributed by atoms with Crippen molar-refractivity contribution in [3.8, 4) is 5.75 Å². The molecule has 0 spiro atoms. The fourth-order valence-corrected chi connectivity index (χ4v) is 2.82. The Kier molecular flexibility index (Phi) is 3.68. The number of anilines is 1. The summed E-state index contributed by atoms with van der Waals surface area (Å²) in [6.07, 6.45) is 3.16. The van der Waals surface area contributed by atoms with Gasteiger partial charge in [0.1, 0.15) is 11.3 Å². The van der Waals surface area contributed by atoms with Crippen LogP contribution in [0.2, 0.25) is 0 Å². The molecule has 23 heavy (non-hydrogen) atoms. The second-order valence-electron chi connectivity index (χ2n) is 5.39. The summed E-state index contributed by atoms with van der Waals surface area (Å²) in [5.41, 5.74) is -1.27. The van der Waals surface area contributed by atoms with E-state index < -0.39 is 27.0 Å². The van der Waals surface area contributed by atoms with Crippen LogP contribution in [0.4, 0.5) is 17.2 Å². The Bertz CT molecular complexity index is 801. The van der Waals surface area contributed by atoms with Gasteiger partial charge in [-0.05, 0) is 31.4 Å². The van der Waals surface area contributed by atoms with Crippen LogP contribution in [0.3, 0.4) is 0 Å². The predicted molar refractivity (Wildman–Crippen MR) is 82.8 cm³/mol. The van der Waals surface area contributed by atoms with E-state index in [4.69, 9.17) is 0 Å². The van der Waals surface area contributed by atoms with Crippen molar-refractivity contribution >= 4 is 28.1 Å². The number of piperidine rings is 1. The average molecular weight is 318 g/mol. The lowest BCUT2D eigenvalue weighted by Crippen LogP contribution is -2.30. The summed E-state index contributed by atoms with van der Waals surface area (Å²) >= 11 is 0. The molecule has 1 fully saturated rings. The first-order valence-electron chi connectivity index (χ1n) is 7.19. The van der Waals surface area contributed by atoms with Crippen molar-refractivity contribution in [2.45, 2.75) is 19.3 Å². The van der Waals surface area contributed by atoms with E-state index in [1.165, 1.54) is 6.07 Å². The molecule has 2 aromatic rings. The minimum atomic E-state index is -0.850. The van der Waals surface area contributed by atoms with E-state index in [1.807, 2.05) is 4.90 Å². The summed E-state index contributed by atoms with van der Waals surface area (Å²) in [7, 11) is 0. The molecule has 0 saturated carbocycles. The highest BCUT2D eigenvalue weighted by Gasteiger charge is 2.27. The number of benzene rings is 1. The summed E-state index contributed by atoms with van der Waals surface area (Å²) in [5.74, 6) is -0.0863. The minimum absolute atomic E-state index is 0.0823. The topological polar surface area (TPSA) is 123 Å². The smallest absolute Gasteiger partial charge is 0.319 e. The molecule has 1 saturated heterocycles. The van der Waals surface area contributed by atoms with Gasteiger partial charge in [-0.25, -0.2) is 4.98 Å². The second-order valence-corrected chi connectivity index (χ2v) is 5.39. The van der Waals surface area contributed by atoms with Crippen molar-refractivity contribution in [2.24, 2.45) is 0 Å². The van der Waals surface area contributed by atoms with E-state index in [9.17, 15) is 25.3 Å². The molecule has 9 nitrogen and oxygen atoms in total. The van der Waals surface area contributed by atoms with Gasteiger partial charge < -0.3 is 10.0 Å². The van der Waals surface area contributed by atoms with Crippen LogP contribution in [-0.2, 0) is 0 Å². The second kappa shape index (κ2) is 5.67. The predicted octanol–water partition coefficient (Wildman–Crippen LogP) is 2.75. The lowest BCUT2D eigenvalue weighted by atomic mass is 10.1. The maximum Gasteiger partial charge on any atom is 0.319 e. The summed E-state index contributed by atoms with van der Waals surface area (Å²) < 4.78 is 0. The van der Waals surface area contributed by atoms with Gasteiger partial charge in [-0.1, -0.05) is 0 Å². The number of aromatic nitrogens is 1. The first-order chi connectivity index (χ1) is 11.0. The highest BCUT2D eigenvalue weighted by Crippen LogP contribution is 2.40. The van der Waals surface area contributed by atoms with Crippen LogP contribution in [0.25, 0.3) is 10.9 Å². The molecule has 0 bridgehead atoms. The Labute approximate surface area is 130 Å². The van der Waals surface area contributed by atoms with E-state index in [0.717, 1.165) is 38.4 Å². The van der Waals surface area contributed by atoms with Gasteiger partial charge in [-0.2, -0.15) is 0 Å². The first-order valence-corrected chi connectivity index (χ1v) is 7.19. The highest BCUT2D eigenvalue weighted by atomic mass is 16.6. The molecule has 1 aliphatic rings. The fraction of sp³-hybridized carbons (Fsp3) is 0.357. The summed E-state index contributed by atoms with van der Waals surface area (Å²) in [6.45, 7) is 1.60. The SMILES string of the molecule is O=[N+]([O-])c1cc([N+](=O)[O-])c2ccc(N3CCCCC3)nc2c1O. The van der Waals surface area contributed by atoms with Crippen molar-refractivity contribution in [1.29, 1.82) is 0 Å². The van der Waals surface area contributed by atoms with Crippen LogP contribution in [0, 0.1) is 20.2 Å². The number of fused-ring (bicyclic) bond motifs is 1. The number of rotatable bonds is 3. The van der Waals surface area contributed by atoms with Crippen molar-refractivity contribution in [2.75, 3.05) is 18.0 Å². The number of nitro benzene ring substituents is 2. The van der Waals surface area contributed by atoms with Crippen LogP contribution in [-0.4, -0.2) is 33.0 Å². The van der Waals surface area contributed by atoms with Gasteiger partial charge in [0.05, 0.1) is 21.3 Å². The molecule has 1 aromatic heterocycles. The van der Waals surface area contributed by atoms with Gasteiger partial charge in [0, 0.05) is 13.1 Å². The highest BCUT2D eigenvalue weighted by molar-refractivity contribution is 5.96. The molecule has 0 amide bonds. The number of non-ortho nitro benzene ring substituents is 1. The number of nitrogens with zero attached hydrogens (tertiary/aromatic N) is 4. The quantitative estimate of drug-likeness (QED) is 0.681. The Hall–Kier alpha value is -2.97. The van der Waals surface area contributed by atoms with E-state index in [1.54, 1.807) is 6.07 Å². The molecule has 0 unspecified atom stereocenters. The first kappa shape index (κ1) is 14.9. The molecule has 1 aromatic carbocycles. The van der Waals surface area contributed by atoms with Crippen molar-refractivity contribution in [3.63, 3.8) is 0 Å². The molecule has 0 aliphatic carbocycles. The summed E-state index contributed by atoms with van der Waals surface area (Å²) in [5, 5.41) is 32.3. The number of phenolic OH excluding ortho intramolecular Hbond substituents is 1. The lowest BCUT2D eigenvalue weighted by Gasteiger charge is -2.27. The van der Waals surface area contributed by atoms with Crippen LogP contribution in [0.15, 0.2) is 18.2 Å². The van der Waals surface area contributed by atoms with Gasteiger partial charge in [0.2, 0.25) is 5.75 Å². The number of hydrogen-bond acceptors (Lipinski definition) is 7. The molecule has 1 aliphatic heterocycles. The molecule has 2 heterocycles. The Morgan fingerprint density at radius 2 is 1.70 bits per heavy atom. The monoisotopic (exact) mass is 318 g/mol. The molecule has 0 radical (unpaired) electrons. The minimum Gasteiger partial charge on any atom is -0.501 e. The molecule has 1 N–H and O–H groups in total. The number of pyridine rings is 1. The number of nitro groups is 2. The Morgan fingerprint density at radius 1 is 1.04 bits per heavy atom. The van der Waals surface area contributed by atoms with Crippen LogP contribution in [0.1, 0.15) is 19.3 Å². The van der Waals surface area contributed by atoms with Crippen molar-refractivity contribution < 1.29 is 15.0 Å². The molecule has 3 rings (SSSR count). The van der Waals surface area contributed by atoms with E-state index in [2.05, 4.69) is 4.98 Å². The summed E-state index contributed by atoms with van der Waals surface area (Å²) in [6, 6.07) is 3.89. The van der Waals surface area contributed by atoms with Crippen molar-refractivity contribution in [1.82, 2.24) is 4.98 Å². The lowest BCUT2D eigenvalue weighted by molar-refractivity contribution is -0.393. The third-order valence-electron chi connectivity index (χ3n) is 3.97. The zero-order valence-electron chi connectivity index (χ0n) is 12.1. The van der Waals surface area contributed by atoms with Crippen LogP contribution < -0.4 is 4.90 Å². The molecule has 9 heteroatoms. The number of phenols is 1. The standard InChI is InChI=1S/C14H14N4O5/c19-14-11(18(22)23)8-10(17(20)21)9-4-5-12(15-13(9)14)16-6-2-1-3-7-16/h4-5,8,19H,1-3,6-7H2. The van der Waals surface area contributed by atoms with Crippen LogP contribution >= 0.6 is 0 Å². The molecule has 0 atom stereocenters. The summed E-state index contributed by atoms with van der Waals surface area (Å²) in [4.78, 5) is 26.9. The third kappa shape index (κ3) is 2.60. The van der Waals surface area contributed by atoms with E-state index in [-0.39, 0.29) is 10.9 Å². The Balaban J connectivity index is 2.21. The number of aromatic hydroxyl groups is 1. The van der Waals surface area contributed by atoms with Crippen LogP contribution in [0.5, 0.6) is 5.75 Å². The maximum absolute atomic E-state index is 11.2. The van der Waals surface area contributed by atoms with Crippen molar-refractivity contribution in [3.05, 3.63) is 38.4 Å². The van der Waals surface area contributed by atoms with Gasteiger partial charge in [0.25, 0.3) is 5.69 Å². The fourth-order valence-electron chi connectivity index (χ4n) is 2.82. The average Bonchev–Trinajstić information content (AvgIpc) is 2.55. The third-order valence-corrected chi connectivity index (χ3v) is 3.97. The molecular weight excluding hydrogens is 304 g/mol. The Morgan fingerprint density at radius 3 is 2.30 bits per heavy atom.